The number of amides is 2. The number of carbonyl (C=O) groups excluding carboxylic acids is 2. The van der Waals surface area contributed by atoms with Gasteiger partial charge in [-0.15, -0.1) is 0 Å². The summed E-state index contributed by atoms with van der Waals surface area (Å²) in [5.74, 6) is -0.168. The molecule has 0 unspecified atom stereocenters. The third-order valence-electron chi connectivity index (χ3n) is 5.37. The third kappa shape index (κ3) is 5.46. The second-order valence-electron chi connectivity index (χ2n) is 7.66. The number of carbonyl (C=O) groups is 2. The van der Waals surface area contributed by atoms with Crippen molar-refractivity contribution in [2.45, 2.75) is 17.7 Å². The number of anilines is 3. The van der Waals surface area contributed by atoms with Gasteiger partial charge in [0.15, 0.2) is 0 Å². The minimum absolute atomic E-state index is 0.0157. The monoisotopic (exact) mass is 487 g/mol. The number of nitrogens with one attached hydrogen (secondary N) is 3. The molecule has 0 atom stereocenters. The number of rotatable bonds is 7. The maximum Gasteiger partial charge on any atom is 0.271 e. The van der Waals surface area contributed by atoms with Crippen LogP contribution in [-0.2, 0) is 24.3 Å². The number of benzene rings is 2. The lowest BCUT2D eigenvalue weighted by Gasteiger charge is -2.30. The molecule has 4 rings (SSSR count). The Labute approximate surface area is 197 Å². The Morgan fingerprint density at radius 1 is 1.09 bits per heavy atom. The van der Waals surface area contributed by atoms with E-state index in [0.717, 1.165) is 0 Å². The number of hydrogen-bond acceptors (Lipinski definition) is 8. The van der Waals surface area contributed by atoms with Crippen LogP contribution < -0.4 is 25.1 Å². The summed E-state index contributed by atoms with van der Waals surface area (Å²) in [7, 11) is -2.49. The Morgan fingerprint density at radius 2 is 1.79 bits per heavy atom. The predicted octanol–water partition coefficient (Wildman–Crippen LogP) is 1.54. The molecule has 1 saturated heterocycles. The molecule has 2 aromatic rings. The average Bonchev–Trinajstić information content (AvgIpc) is 2.85. The minimum atomic E-state index is -4.02. The average molecular weight is 488 g/mol. The van der Waals surface area contributed by atoms with E-state index in [0.29, 0.717) is 43.4 Å². The maximum atomic E-state index is 13.4. The van der Waals surface area contributed by atoms with E-state index in [2.05, 4.69) is 20.6 Å². The standard InChI is InChI=1S/C22H25N5O6S/c1-32-17-5-2-15(3-6-17)26-34(30,31)20-14-16(4-8-19(20)27-10-12-33-13-11-27)23-22(29)18-7-9-21(28)25-24-18/h2-6,8,14,26H,7,9-13H2,1H3,(H,23,29)(H,25,28). The van der Waals surface area contributed by atoms with E-state index in [9.17, 15) is 18.0 Å². The Kier molecular flexibility index (Phi) is 6.98. The van der Waals surface area contributed by atoms with Gasteiger partial charge < -0.3 is 19.7 Å². The molecule has 34 heavy (non-hydrogen) atoms. The highest BCUT2D eigenvalue weighted by Gasteiger charge is 2.25. The zero-order chi connectivity index (χ0) is 24.1. The van der Waals surface area contributed by atoms with Crippen LogP contribution in [0.2, 0.25) is 0 Å². The van der Waals surface area contributed by atoms with E-state index in [1.165, 1.54) is 13.2 Å². The summed E-state index contributed by atoms with van der Waals surface area (Å²) in [5.41, 5.74) is 3.60. The summed E-state index contributed by atoms with van der Waals surface area (Å²) in [6.07, 6.45) is 0.362. The van der Waals surface area contributed by atoms with Crippen molar-refractivity contribution in [3.8, 4) is 5.75 Å². The lowest BCUT2D eigenvalue weighted by molar-refractivity contribution is -0.121. The number of hydrazone groups is 1. The molecular weight excluding hydrogens is 462 g/mol. The van der Waals surface area contributed by atoms with Gasteiger partial charge in [-0.05, 0) is 42.5 Å². The van der Waals surface area contributed by atoms with Gasteiger partial charge in [0.05, 0.1) is 26.0 Å². The lowest BCUT2D eigenvalue weighted by atomic mass is 10.1. The maximum absolute atomic E-state index is 13.4. The van der Waals surface area contributed by atoms with Crippen molar-refractivity contribution in [2.75, 3.05) is 48.4 Å². The first-order chi connectivity index (χ1) is 16.4. The van der Waals surface area contributed by atoms with Crippen LogP contribution >= 0.6 is 0 Å². The largest absolute Gasteiger partial charge is 0.497 e. The van der Waals surface area contributed by atoms with Gasteiger partial charge in [-0.2, -0.15) is 5.10 Å². The second kappa shape index (κ2) is 10.1. The first-order valence-corrected chi connectivity index (χ1v) is 12.1. The van der Waals surface area contributed by atoms with Crippen LogP contribution in [0, 0.1) is 0 Å². The van der Waals surface area contributed by atoms with Gasteiger partial charge in [0.25, 0.3) is 15.9 Å². The van der Waals surface area contributed by atoms with Gasteiger partial charge in [0, 0.05) is 37.3 Å². The smallest absolute Gasteiger partial charge is 0.271 e. The number of ether oxygens (including phenoxy) is 2. The normalized spacial score (nSPS) is 16.3. The number of hydrogen-bond donors (Lipinski definition) is 3. The summed E-state index contributed by atoms with van der Waals surface area (Å²) < 4.78 is 39.9. The fraction of sp³-hybridized carbons (Fsp3) is 0.318. The van der Waals surface area contributed by atoms with Crippen molar-refractivity contribution in [1.29, 1.82) is 0 Å². The van der Waals surface area contributed by atoms with E-state index >= 15 is 0 Å². The SMILES string of the molecule is COc1ccc(NS(=O)(=O)c2cc(NC(=O)C3=NNC(=O)CC3)ccc2N2CCOCC2)cc1. The molecule has 180 valence electrons. The summed E-state index contributed by atoms with van der Waals surface area (Å²) in [4.78, 5) is 25.8. The summed E-state index contributed by atoms with van der Waals surface area (Å²) in [6.45, 7) is 2.03. The highest BCUT2D eigenvalue weighted by atomic mass is 32.2. The van der Waals surface area contributed by atoms with Crippen molar-refractivity contribution in [1.82, 2.24) is 5.43 Å². The molecule has 2 heterocycles. The number of sulfonamides is 1. The van der Waals surface area contributed by atoms with Crippen molar-refractivity contribution < 1.29 is 27.5 Å². The number of morpholine rings is 1. The van der Waals surface area contributed by atoms with E-state index in [1.54, 1.807) is 36.4 Å². The quantitative estimate of drug-likeness (QED) is 0.538. The van der Waals surface area contributed by atoms with Crippen molar-refractivity contribution in [3.05, 3.63) is 42.5 Å². The van der Waals surface area contributed by atoms with Gasteiger partial charge in [-0.25, -0.2) is 13.8 Å². The molecule has 0 aliphatic carbocycles. The van der Waals surface area contributed by atoms with Crippen LogP contribution in [0.5, 0.6) is 5.75 Å². The van der Waals surface area contributed by atoms with Gasteiger partial charge in [0.2, 0.25) is 5.91 Å². The molecule has 0 aromatic heterocycles. The zero-order valence-corrected chi connectivity index (χ0v) is 19.4. The van der Waals surface area contributed by atoms with Gasteiger partial charge in [-0.1, -0.05) is 0 Å². The van der Waals surface area contributed by atoms with Crippen molar-refractivity contribution in [2.24, 2.45) is 5.10 Å². The van der Waals surface area contributed by atoms with E-state index in [-0.39, 0.29) is 35.0 Å². The lowest BCUT2D eigenvalue weighted by Crippen LogP contribution is -2.37. The van der Waals surface area contributed by atoms with Crippen LogP contribution in [0.4, 0.5) is 17.1 Å². The van der Waals surface area contributed by atoms with Crippen molar-refractivity contribution >= 4 is 44.6 Å². The highest BCUT2D eigenvalue weighted by Crippen LogP contribution is 2.31. The predicted molar refractivity (Wildman–Crippen MR) is 127 cm³/mol. The van der Waals surface area contributed by atoms with Gasteiger partial charge >= 0.3 is 0 Å². The number of methoxy groups -OCH3 is 1. The summed E-state index contributed by atoms with van der Waals surface area (Å²) in [6, 6.07) is 11.2. The van der Waals surface area contributed by atoms with E-state index < -0.39 is 15.9 Å². The summed E-state index contributed by atoms with van der Waals surface area (Å²) in [5, 5.41) is 6.46. The Hall–Kier alpha value is -3.64. The zero-order valence-electron chi connectivity index (χ0n) is 18.5. The summed E-state index contributed by atoms with van der Waals surface area (Å²) >= 11 is 0. The molecule has 0 saturated carbocycles. The minimum Gasteiger partial charge on any atom is -0.497 e. The molecule has 0 bridgehead atoms. The molecule has 2 aliphatic rings. The van der Waals surface area contributed by atoms with Crippen molar-refractivity contribution in [3.63, 3.8) is 0 Å². The third-order valence-corrected chi connectivity index (χ3v) is 6.78. The topological polar surface area (TPSA) is 138 Å². The second-order valence-corrected chi connectivity index (χ2v) is 9.31. The molecule has 2 aliphatic heterocycles. The molecule has 1 fully saturated rings. The van der Waals surface area contributed by atoms with E-state index in [4.69, 9.17) is 9.47 Å². The molecule has 0 radical (unpaired) electrons. The molecule has 0 spiro atoms. The highest BCUT2D eigenvalue weighted by molar-refractivity contribution is 7.92. The fourth-order valence-corrected chi connectivity index (χ4v) is 4.89. The molecule has 3 N–H and O–H groups in total. The Bertz CT molecular complexity index is 1210. The van der Waals surface area contributed by atoms with E-state index in [1.807, 2.05) is 4.90 Å². The Morgan fingerprint density at radius 3 is 2.44 bits per heavy atom. The van der Waals surface area contributed by atoms with Gasteiger partial charge in [-0.3, -0.25) is 14.3 Å². The Balaban J connectivity index is 1.64. The first-order valence-electron chi connectivity index (χ1n) is 10.7. The molecule has 2 amide bonds. The fourth-order valence-electron chi connectivity index (χ4n) is 3.58. The number of nitrogens with zero attached hydrogens (tertiary/aromatic N) is 2. The van der Waals surface area contributed by atoms with Crippen LogP contribution in [0.25, 0.3) is 0 Å². The molecule has 12 heteroatoms. The first kappa shape index (κ1) is 23.5. The van der Waals surface area contributed by atoms with Crippen LogP contribution in [0.3, 0.4) is 0 Å². The van der Waals surface area contributed by atoms with Gasteiger partial charge in [0.1, 0.15) is 16.4 Å². The van der Waals surface area contributed by atoms with Crippen LogP contribution in [0.1, 0.15) is 12.8 Å². The molecule has 2 aromatic carbocycles. The molecule has 11 nitrogen and oxygen atoms in total. The molecular formula is C22H25N5O6S. The van der Waals surface area contributed by atoms with Crippen LogP contribution in [0.15, 0.2) is 52.5 Å². The van der Waals surface area contributed by atoms with Crippen LogP contribution in [-0.4, -0.2) is 59.4 Å².